The van der Waals surface area contributed by atoms with Crippen LogP contribution >= 0.6 is 0 Å². The van der Waals surface area contributed by atoms with Crippen molar-refractivity contribution in [2.75, 3.05) is 14.2 Å². The number of carbonyl (C=O) groups is 3. The van der Waals surface area contributed by atoms with E-state index < -0.39 is 18.0 Å². The molecule has 1 aliphatic heterocycles. The number of carbonyl (C=O) groups excluding carboxylic acids is 3. The van der Waals surface area contributed by atoms with Crippen LogP contribution in [0.4, 0.5) is 0 Å². The van der Waals surface area contributed by atoms with Crippen LogP contribution < -0.4 is 0 Å². The molecule has 0 bridgehead atoms. The molecule has 7 nitrogen and oxygen atoms in total. The first-order valence-electron chi connectivity index (χ1n) is 9.94. The zero-order valence-corrected chi connectivity index (χ0v) is 17.8. The van der Waals surface area contributed by atoms with Crippen LogP contribution in [0.1, 0.15) is 27.0 Å². The van der Waals surface area contributed by atoms with Gasteiger partial charge in [0.05, 0.1) is 25.4 Å². The van der Waals surface area contributed by atoms with E-state index in [1.165, 1.54) is 19.1 Å². The standard InChI is InChI=1S/C25H20N2O5/c1-14-8-10-15(11-9-14)13-27-18(12-26)20-19(16-6-4-5-7-17(16)23(20)28)21(24(29)31-2)22(27)25(30)32-3/h4-11,22H,13H2,1-3H3. The number of hydrogen-bond donors (Lipinski definition) is 0. The Balaban J connectivity index is 2.02. The lowest BCUT2D eigenvalue weighted by Crippen LogP contribution is -2.47. The van der Waals surface area contributed by atoms with Gasteiger partial charge in [-0.25, -0.2) is 9.59 Å². The van der Waals surface area contributed by atoms with Crippen molar-refractivity contribution in [3.05, 3.63) is 87.6 Å². The number of aryl methyl sites for hydroxylation is 1. The molecule has 0 saturated carbocycles. The molecule has 2 aromatic carbocycles. The van der Waals surface area contributed by atoms with E-state index >= 15 is 0 Å². The summed E-state index contributed by atoms with van der Waals surface area (Å²) in [6.45, 7) is 2.06. The number of benzene rings is 2. The van der Waals surface area contributed by atoms with Crippen LogP contribution in [-0.4, -0.2) is 42.9 Å². The highest BCUT2D eigenvalue weighted by Crippen LogP contribution is 2.46. The van der Waals surface area contributed by atoms with Crippen LogP contribution in [0.2, 0.25) is 0 Å². The number of ketones is 1. The number of hydrogen-bond acceptors (Lipinski definition) is 7. The number of methoxy groups -OCH3 is 2. The highest BCUT2D eigenvalue weighted by atomic mass is 16.5. The number of nitrogens with zero attached hydrogens (tertiary/aromatic N) is 2. The van der Waals surface area contributed by atoms with E-state index in [2.05, 4.69) is 6.07 Å². The number of Topliss-reactive ketones (excluding diaryl/α,β-unsaturated/α-hetero) is 1. The summed E-state index contributed by atoms with van der Waals surface area (Å²) in [5.41, 5.74) is 3.06. The molecule has 1 aliphatic carbocycles. The van der Waals surface area contributed by atoms with Gasteiger partial charge in [-0.05, 0) is 18.1 Å². The molecule has 1 heterocycles. The smallest absolute Gasteiger partial charge is 0.337 e. The van der Waals surface area contributed by atoms with Crippen molar-refractivity contribution in [2.45, 2.75) is 19.5 Å². The number of fused-ring (bicyclic) bond motifs is 3. The molecule has 2 aromatic rings. The third-order valence-corrected chi connectivity index (χ3v) is 5.71. The van der Waals surface area contributed by atoms with Gasteiger partial charge in [0.25, 0.3) is 0 Å². The molecule has 1 atom stereocenters. The van der Waals surface area contributed by atoms with Crippen molar-refractivity contribution >= 4 is 23.3 Å². The summed E-state index contributed by atoms with van der Waals surface area (Å²) in [4.78, 5) is 40.7. The van der Waals surface area contributed by atoms with Gasteiger partial charge >= 0.3 is 11.9 Å². The number of rotatable bonds is 4. The third-order valence-electron chi connectivity index (χ3n) is 5.71. The molecule has 0 N–H and O–H groups in total. The van der Waals surface area contributed by atoms with Gasteiger partial charge in [-0.3, -0.25) is 4.79 Å². The molecular formula is C25H20N2O5. The fraction of sp³-hybridized carbons (Fsp3) is 0.200. The van der Waals surface area contributed by atoms with E-state index in [4.69, 9.17) is 9.47 Å². The molecule has 1 unspecified atom stereocenters. The summed E-state index contributed by atoms with van der Waals surface area (Å²) >= 11 is 0. The van der Waals surface area contributed by atoms with Gasteiger partial charge in [0.1, 0.15) is 11.8 Å². The predicted octanol–water partition coefficient (Wildman–Crippen LogP) is 2.95. The molecule has 0 amide bonds. The van der Waals surface area contributed by atoms with E-state index in [1.807, 2.05) is 31.2 Å². The van der Waals surface area contributed by atoms with Crippen LogP contribution in [-0.2, 0) is 25.6 Å². The fourth-order valence-corrected chi connectivity index (χ4v) is 4.21. The molecule has 32 heavy (non-hydrogen) atoms. The lowest BCUT2D eigenvalue weighted by atomic mass is 9.87. The van der Waals surface area contributed by atoms with Gasteiger partial charge in [-0.15, -0.1) is 0 Å². The monoisotopic (exact) mass is 428 g/mol. The quantitative estimate of drug-likeness (QED) is 0.691. The first-order chi connectivity index (χ1) is 15.4. The molecule has 0 saturated heterocycles. The SMILES string of the molecule is COC(=O)C1=C2C(=C(C#N)N(Cc3ccc(C)cc3)C1C(=O)OC)C(=O)c1ccccc12. The average Bonchev–Trinajstić information content (AvgIpc) is 3.11. The Morgan fingerprint density at radius 3 is 2.25 bits per heavy atom. The Kier molecular flexibility index (Phi) is 5.37. The normalized spacial score (nSPS) is 17.0. The lowest BCUT2D eigenvalue weighted by Gasteiger charge is -2.36. The molecule has 0 spiro atoms. The van der Waals surface area contributed by atoms with Crippen LogP contribution in [0.3, 0.4) is 0 Å². The summed E-state index contributed by atoms with van der Waals surface area (Å²) in [6.07, 6.45) is 0. The predicted molar refractivity (Wildman–Crippen MR) is 115 cm³/mol. The minimum Gasteiger partial charge on any atom is -0.467 e. The molecule has 7 heteroatoms. The second-order valence-electron chi connectivity index (χ2n) is 7.53. The van der Waals surface area contributed by atoms with E-state index in [0.29, 0.717) is 11.1 Å². The zero-order valence-electron chi connectivity index (χ0n) is 17.8. The summed E-state index contributed by atoms with van der Waals surface area (Å²) < 4.78 is 10.0. The van der Waals surface area contributed by atoms with E-state index in [-0.39, 0.29) is 34.7 Å². The molecule has 160 valence electrons. The van der Waals surface area contributed by atoms with Gasteiger partial charge < -0.3 is 14.4 Å². The number of ether oxygens (including phenoxy) is 2. The molecule has 0 radical (unpaired) electrons. The Hall–Kier alpha value is -4.18. The largest absolute Gasteiger partial charge is 0.467 e. The van der Waals surface area contributed by atoms with E-state index in [9.17, 15) is 19.6 Å². The maximum Gasteiger partial charge on any atom is 0.337 e. The third kappa shape index (κ3) is 3.17. The van der Waals surface area contributed by atoms with Crippen molar-refractivity contribution in [1.29, 1.82) is 5.26 Å². The molecular weight excluding hydrogens is 408 g/mol. The van der Waals surface area contributed by atoms with Gasteiger partial charge in [-0.1, -0.05) is 54.1 Å². The summed E-state index contributed by atoms with van der Waals surface area (Å²) in [5.74, 6) is -1.86. The summed E-state index contributed by atoms with van der Waals surface area (Å²) in [7, 11) is 2.42. The highest BCUT2D eigenvalue weighted by molar-refractivity contribution is 6.31. The second kappa shape index (κ2) is 8.16. The lowest BCUT2D eigenvalue weighted by molar-refractivity contribution is -0.148. The fourth-order valence-electron chi connectivity index (χ4n) is 4.21. The Labute approximate surface area is 185 Å². The number of nitriles is 1. The zero-order chi connectivity index (χ0) is 23.0. The average molecular weight is 428 g/mol. The van der Waals surface area contributed by atoms with Crippen LogP contribution in [0, 0.1) is 18.3 Å². The van der Waals surface area contributed by atoms with E-state index in [0.717, 1.165) is 11.1 Å². The van der Waals surface area contributed by atoms with Crippen molar-refractivity contribution < 1.29 is 23.9 Å². The van der Waals surface area contributed by atoms with Crippen LogP contribution in [0.15, 0.2) is 65.4 Å². The maximum atomic E-state index is 13.3. The summed E-state index contributed by atoms with van der Waals surface area (Å²) in [6, 6.07) is 15.2. The molecule has 0 aromatic heterocycles. The van der Waals surface area contributed by atoms with Gasteiger partial charge in [0, 0.05) is 17.7 Å². The molecule has 4 rings (SSSR count). The van der Waals surface area contributed by atoms with Gasteiger partial charge in [0.15, 0.2) is 11.8 Å². The van der Waals surface area contributed by atoms with Crippen LogP contribution in [0.25, 0.3) is 5.57 Å². The number of allylic oxidation sites excluding steroid dienone is 3. The summed E-state index contributed by atoms with van der Waals surface area (Å²) in [5, 5.41) is 10.1. The van der Waals surface area contributed by atoms with Crippen molar-refractivity contribution in [2.24, 2.45) is 0 Å². The molecule has 0 fully saturated rings. The van der Waals surface area contributed by atoms with Gasteiger partial charge in [0.2, 0.25) is 0 Å². The van der Waals surface area contributed by atoms with Crippen molar-refractivity contribution in [3.63, 3.8) is 0 Å². The van der Waals surface area contributed by atoms with Gasteiger partial charge in [-0.2, -0.15) is 5.26 Å². The molecule has 2 aliphatic rings. The maximum absolute atomic E-state index is 13.3. The Morgan fingerprint density at radius 2 is 1.66 bits per heavy atom. The topological polar surface area (TPSA) is 96.7 Å². The minimum atomic E-state index is -1.25. The van der Waals surface area contributed by atoms with Crippen molar-refractivity contribution in [3.8, 4) is 6.07 Å². The second-order valence-corrected chi connectivity index (χ2v) is 7.53. The number of esters is 2. The Bertz CT molecular complexity index is 1250. The first kappa shape index (κ1) is 21.1. The minimum absolute atomic E-state index is 0.0150. The van der Waals surface area contributed by atoms with E-state index in [1.54, 1.807) is 24.3 Å². The first-order valence-corrected chi connectivity index (χ1v) is 9.94. The van der Waals surface area contributed by atoms with Crippen molar-refractivity contribution in [1.82, 2.24) is 4.90 Å². The Morgan fingerprint density at radius 1 is 1.00 bits per heavy atom. The van der Waals surface area contributed by atoms with Crippen LogP contribution in [0.5, 0.6) is 0 Å². The highest BCUT2D eigenvalue weighted by Gasteiger charge is 2.48.